The number of nitrogens with zero attached hydrogens (tertiary/aromatic N) is 1. The maximum atomic E-state index is 12.4. The molecule has 0 atom stereocenters. The minimum absolute atomic E-state index is 0.220. The Morgan fingerprint density at radius 3 is 2.33 bits per heavy atom. The number of nitrogens with one attached hydrogen (secondary N) is 2. The summed E-state index contributed by atoms with van der Waals surface area (Å²) in [5.74, 6) is -0.243. The van der Waals surface area contributed by atoms with Crippen molar-refractivity contribution in [2.45, 2.75) is 27.2 Å². The maximum absolute atomic E-state index is 12.4. The number of carbonyl (C=O) groups is 2. The third-order valence-corrected chi connectivity index (χ3v) is 3.53. The van der Waals surface area contributed by atoms with Crippen LogP contribution in [-0.2, 0) is 6.42 Å². The lowest BCUT2D eigenvalue weighted by Gasteiger charge is -2.10. The standard InChI is InChI=1S/C19H23N3O2/c1-4-14-8-5-6-9-15(14)22-19(24)17-11-7-10-16(21-17)18(23)20-12-13(2)3/h5-11,13H,4,12H2,1-3H3,(H,20,23)(H,22,24). The first-order valence-corrected chi connectivity index (χ1v) is 8.15. The Kier molecular flexibility index (Phi) is 6.07. The van der Waals surface area contributed by atoms with E-state index >= 15 is 0 Å². The van der Waals surface area contributed by atoms with Crippen LogP contribution in [0, 0.1) is 5.92 Å². The van der Waals surface area contributed by atoms with Crippen LogP contribution in [0.1, 0.15) is 47.3 Å². The largest absolute Gasteiger partial charge is 0.350 e. The van der Waals surface area contributed by atoms with Crippen LogP contribution < -0.4 is 10.6 Å². The smallest absolute Gasteiger partial charge is 0.274 e. The molecule has 0 spiro atoms. The van der Waals surface area contributed by atoms with Crippen molar-refractivity contribution in [3.63, 3.8) is 0 Å². The summed E-state index contributed by atoms with van der Waals surface area (Å²) in [5, 5.41) is 5.66. The quantitative estimate of drug-likeness (QED) is 0.856. The molecule has 5 heteroatoms. The second kappa shape index (κ2) is 8.24. The number of amides is 2. The number of anilines is 1. The summed E-state index contributed by atoms with van der Waals surface area (Å²) in [7, 11) is 0. The molecule has 1 aromatic heterocycles. The first-order chi connectivity index (χ1) is 11.5. The van der Waals surface area contributed by atoms with Crippen molar-refractivity contribution in [1.82, 2.24) is 10.3 Å². The van der Waals surface area contributed by atoms with Gasteiger partial charge in [-0.1, -0.05) is 45.0 Å². The molecule has 0 aliphatic rings. The topological polar surface area (TPSA) is 71.1 Å². The van der Waals surface area contributed by atoms with Crippen molar-refractivity contribution in [3.05, 3.63) is 59.4 Å². The molecule has 1 heterocycles. The van der Waals surface area contributed by atoms with Crippen LogP contribution in [-0.4, -0.2) is 23.3 Å². The first kappa shape index (κ1) is 17.7. The zero-order valence-electron chi connectivity index (χ0n) is 14.3. The molecule has 0 aliphatic heterocycles. The van der Waals surface area contributed by atoms with Crippen molar-refractivity contribution >= 4 is 17.5 Å². The fraction of sp³-hybridized carbons (Fsp3) is 0.316. The fourth-order valence-corrected chi connectivity index (χ4v) is 2.21. The van der Waals surface area contributed by atoms with Crippen LogP contribution >= 0.6 is 0 Å². The van der Waals surface area contributed by atoms with Gasteiger partial charge in [0.25, 0.3) is 11.8 Å². The highest BCUT2D eigenvalue weighted by Gasteiger charge is 2.13. The molecule has 0 saturated heterocycles. The van der Waals surface area contributed by atoms with Gasteiger partial charge in [-0.3, -0.25) is 9.59 Å². The SMILES string of the molecule is CCc1ccccc1NC(=O)c1cccc(C(=O)NCC(C)C)n1. The van der Waals surface area contributed by atoms with Gasteiger partial charge in [0.2, 0.25) is 0 Å². The van der Waals surface area contributed by atoms with Crippen LogP contribution in [0.15, 0.2) is 42.5 Å². The number of carbonyl (C=O) groups excluding carboxylic acids is 2. The van der Waals surface area contributed by atoms with Gasteiger partial charge in [-0.05, 0) is 36.1 Å². The van der Waals surface area contributed by atoms with Gasteiger partial charge in [-0.15, -0.1) is 0 Å². The second-order valence-electron chi connectivity index (χ2n) is 5.98. The number of hydrogen-bond acceptors (Lipinski definition) is 3. The third kappa shape index (κ3) is 4.65. The molecule has 2 rings (SSSR count). The summed E-state index contributed by atoms with van der Waals surface area (Å²) in [6.45, 7) is 6.63. The number of hydrogen-bond donors (Lipinski definition) is 2. The second-order valence-corrected chi connectivity index (χ2v) is 5.98. The number of para-hydroxylation sites is 1. The van der Waals surface area contributed by atoms with Crippen LogP contribution in [0.5, 0.6) is 0 Å². The van der Waals surface area contributed by atoms with E-state index in [1.165, 1.54) is 0 Å². The number of pyridine rings is 1. The minimum atomic E-state index is -0.325. The molecule has 0 unspecified atom stereocenters. The Morgan fingerprint density at radius 1 is 1.00 bits per heavy atom. The first-order valence-electron chi connectivity index (χ1n) is 8.15. The Labute approximate surface area is 142 Å². The number of aromatic nitrogens is 1. The van der Waals surface area contributed by atoms with Gasteiger partial charge >= 0.3 is 0 Å². The highest BCUT2D eigenvalue weighted by Crippen LogP contribution is 2.16. The van der Waals surface area contributed by atoms with E-state index in [1.54, 1.807) is 18.2 Å². The number of benzene rings is 1. The normalized spacial score (nSPS) is 10.5. The molecule has 0 radical (unpaired) electrons. The van der Waals surface area contributed by atoms with E-state index < -0.39 is 0 Å². The summed E-state index contributed by atoms with van der Waals surface area (Å²) < 4.78 is 0. The van der Waals surface area contributed by atoms with Gasteiger partial charge < -0.3 is 10.6 Å². The van der Waals surface area contributed by atoms with E-state index in [9.17, 15) is 9.59 Å². The van der Waals surface area contributed by atoms with E-state index in [0.717, 1.165) is 17.7 Å². The summed E-state index contributed by atoms with van der Waals surface area (Å²) >= 11 is 0. The zero-order valence-corrected chi connectivity index (χ0v) is 14.3. The lowest BCUT2D eigenvalue weighted by Crippen LogP contribution is -2.28. The Balaban J connectivity index is 2.13. The van der Waals surface area contributed by atoms with Gasteiger partial charge in [-0.2, -0.15) is 0 Å². The van der Waals surface area contributed by atoms with E-state index in [4.69, 9.17) is 0 Å². The van der Waals surface area contributed by atoms with Crippen molar-refractivity contribution in [2.75, 3.05) is 11.9 Å². The van der Waals surface area contributed by atoms with Crippen molar-refractivity contribution in [1.29, 1.82) is 0 Å². The molecular formula is C19H23N3O2. The molecule has 2 N–H and O–H groups in total. The van der Waals surface area contributed by atoms with Crippen LogP contribution in [0.2, 0.25) is 0 Å². The molecule has 5 nitrogen and oxygen atoms in total. The van der Waals surface area contributed by atoms with Crippen LogP contribution in [0.4, 0.5) is 5.69 Å². The molecule has 2 aromatic rings. The van der Waals surface area contributed by atoms with Gasteiger partial charge in [0, 0.05) is 12.2 Å². The Morgan fingerprint density at radius 2 is 1.67 bits per heavy atom. The van der Waals surface area contributed by atoms with Crippen LogP contribution in [0.25, 0.3) is 0 Å². The highest BCUT2D eigenvalue weighted by molar-refractivity contribution is 6.04. The zero-order chi connectivity index (χ0) is 17.5. The Hall–Kier alpha value is -2.69. The van der Waals surface area contributed by atoms with E-state index in [1.807, 2.05) is 45.0 Å². The molecule has 1 aromatic carbocycles. The van der Waals surface area contributed by atoms with Gasteiger partial charge in [0.05, 0.1) is 0 Å². The van der Waals surface area contributed by atoms with Crippen molar-refractivity contribution in [2.24, 2.45) is 5.92 Å². The maximum Gasteiger partial charge on any atom is 0.274 e. The third-order valence-electron chi connectivity index (χ3n) is 3.53. The molecule has 126 valence electrons. The van der Waals surface area contributed by atoms with E-state index in [-0.39, 0.29) is 23.2 Å². The summed E-state index contributed by atoms with van der Waals surface area (Å²) in [5.41, 5.74) is 2.28. The van der Waals surface area contributed by atoms with E-state index in [2.05, 4.69) is 15.6 Å². The predicted molar refractivity (Wildman–Crippen MR) is 95.2 cm³/mol. The summed E-state index contributed by atoms with van der Waals surface area (Å²) in [4.78, 5) is 28.7. The molecule has 0 bridgehead atoms. The Bertz CT molecular complexity index is 726. The van der Waals surface area contributed by atoms with Gasteiger partial charge in [0.1, 0.15) is 11.4 Å². The van der Waals surface area contributed by atoms with Crippen LogP contribution in [0.3, 0.4) is 0 Å². The fourth-order valence-electron chi connectivity index (χ4n) is 2.21. The molecule has 0 fully saturated rings. The molecule has 2 amide bonds. The lowest BCUT2D eigenvalue weighted by atomic mass is 10.1. The number of rotatable bonds is 6. The van der Waals surface area contributed by atoms with Crippen molar-refractivity contribution in [3.8, 4) is 0 Å². The molecule has 24 heavy (non-hydrogen) atoms. The highest BCUT2D eigenvalue weighted by atomic mass is 16.2. The van der Waals surface area contributed by atoms with Gasteiger partial charge in [-0.25, -0.2) is 4.98 Å². The lowest BCUT2D eigenvalue weighted by molar-refractivity contribution is 0.0944. The van der Waals surface area contributed by atoms with E-state index in [0.29, 0.717) is 12.5 Å². The predicted octanol–water partition coefficient (Wildman–Crippen LogP) is 3.28. The monoisotopic (exact) mass is 325 g/mol. The summed E-state index contributed by atoms with van der Waals surface area (Å²) in [6.07, 6.45) is 0.821. The molecule has 0 aliphatic carbocycles. The minimum Gasteiger partial charge on any atom is -0.350 e. The molecular weight excluding hydrogens is 302 g/mol. The summed E-state index contributed by atoms with van der Waals surface area (Å²) in [6, 6.07) is 12.5. The van der Waals surface area contributed by atoms with Gasteiger partial charge in [0.15, 0.2) is 0 Å². The number of aryl methyl sites for hydroxylation is 1. The van der Waals surface area contributed by atoms with Crippen molar-refractivity contribution < 1.29 is 9.59 Å². The average molecular weight is 325 g/mol. The molecule has 0 saturated carbocycles. The average Bonchev–Trinajstić information content (AvgIpc) is 2.60.